The van der Waals surface area contributed by atoms with Gasteiger partial charge in [-0.15, -0.1) is 10.2 Å². The molecular weight excluding hydrogens is 560 g/mol. The zero-order valence-corrected chi connectivity index (χ0v) is 22.6. The number of benzene rings is 2. The summed E-state index contributed by atoms with van der Waals surface area (Å²) in [5.74, 6) is -5.23. The molecule has 4 aromatic rings. The highest BCUT2D eigenvalue weighted by Gasteiger charge is 2.54. The zero-order chi connectivity index (χ0) is 28.9. The molecule has 212 valence electrons. The molecule has 2 atom stereocenters. The summed E-state index contributed by atoms with van der Waals surface area (Å²) in [5.41, 5.74) is 0.275. The Morgan fingerprint density at radius 3 is 2.54 bits per heavy atom. The van der Waals surface area contributed by atoms with E-state index in [1.165, 1.54) is 21.7 Å². The summed E-state index contributed by atoms with van der Waals surface area (Å²) in [6.45, 7) is 1.88. The van der Waals surface area contributed by atoms with Gasteiger partial charge in [0.15, 0.2) is 16.5 Å². The van der Waals surface area contributed by atoms with Crippen LogP contribution >= 0.6 is 11.3 Å². The van der Waals surface area contributed by atoms with Gasteiger partial charge in [0, 0.05) is 38.1 Å². The van der Waals surface area contributed by atoms with Gasteiger partial charge >= 0.3 is 0 Å². The van der Waals surface area contributed by atoms with Crippen LogP contribution in [0, 0.1) is 11.6 Å². The Hall–Kier alpha value is -4.06. The van der Waals surface area contributed by atoms with Crippen molar-refractivity contribution < 1.29 is 27.1 Å². The Kier molecular flexibility index (Phi) is 6.88. The van der Waals surface area contributed by atoms with E-state index in [0.717, 1.165) is 29.0 Å². The number of halogens is 4. The van der Waals surface area contributed by atoms with Gasteiger partial charge in [0.1, 0.15) is 23.2 Å². The number of pyridine rings is 1. The van der Waals surface area contributed by atoms with Gasteiger partial charge in [-0.2, -0.15) is 0 Å². The second kappa shape index (κ2) is 10.4. The van der Waals surface area contributed by atoms with Crippen molar-refractivity contribution in [3.05, 3.63) is 98.4 Å². The summed E-state index contributed by atoms with van der Waals surface area (Å²) < 4.78 is 64.4. The number of fused-ring (bicyclic) bond motifs is 3. The van der Waals surface area contributed by atoms with Crippen molar-refractivity contribution in [2.24, 2.45) is 0 Å². The van der Waals surface area contributed by atoms with Gasteiger partial charge in [-0.3, -0.25) is 9.59 Å². The summed E-state index contributed by atoms with van der Waals surface area (Å²) in [6, 6.07) is 10.7. The average Bonchev–Trinajstić information content (AvgIpc) is 3.53. The Morgan fingerprint density at radius 1 is 1.05 bits per heavy atom. The molecule has 1 aliphatic carbocycles. The summed E-state index contributed by atoms with van der Waals surface area (Å²) in [4.78, 5) is 28.9. The highest BCUT2D eigenvalue weighted by atomic mass is 32.1. The predicted octanol–water partition coefficient (Wildman–Crippen LogP) is 5.63. The van der Waals surface area contributed by atoms with E-state index in [-0.39, 0.29) is 47.2 Å². The lowest BCUT2D eigenvalue weighted by Gasteiger charge is -2.39. The molecule has 0 N–H and O–H groups in total. The van der Waals surface area contributed by atoms with Crippen molar-refractivity contribution in [2.75, 3.05) is 6.54 Å². The maximum atomic E-state index is 14.7. The van der Waals surface area contributed by atoms with Crippen molar-refractivity contribution in [1.29, 1.82) is 0 Å². The minimum Gasteiger partial charge on any atom is -0.483 e. The van der Waals surface area contributed by atoms with Crippen molar-refractivity contribution in [3.63, 3.8) is 0 Å². The molecule has 0 spiro atoms. The molecule has 1 amide bonds. The smallest absolute Gasteiger partial charge is 0.274 e. The Balaban J connectivity index is 1.45. The Labute approximate surface area is 236 Å². The predicted molar refractivity (Wildman–Crippen MR) is 143 cm³/mol. The zero-order valence-electron chi connectivity index (χ0n) is 21.8. The molecule has 2 aliphatic rings. The largest absolute Gasteiger partial charge is 0.483 e. The quantitative estimate of drug-likeness (QED) is 0.263. The van der Waals surface area contributed by atoms with Crippen LogP contribution in [-0.2, 0) is 13.0 Å². The van der Waals surface area contributed by atoms with E-state index < -0.39 is 53.8 Å². The molecule has 6 rings (SSSR count). The molecule has 1 fully saturated rings. The van der Waals surface area contributed by atoms with Gasteiger partial charge in [-0.1, -0.05) is 47.7 Å². The van der Waals surface area contributed by atoms with E-state index in [1.54, 1.807) is 31.2 Å². The van der Waals surface area contributed by atoms with Gasteiger partial charge in [0.25, 0.3) is 11.8 Å². The summed E-state index contributed by atoms with van der Waals surface area (Å²) in [5, 5.41) is 8.73. The van der Waals surface area contributed by atoms with E-state index in [1.807, 2.05) is 6.07 Å². The second-order valence-electron chi connectivity index (χ2n) is 10.1. The van der Waals surface area contributed by atoms with Crippen LogP contribution in [0.25, 0.3) is 10.6 Å². The molecule has 0 bridgehead atoms. The molecule has 0 saturated heterocycles. The minimum atomic E-state index is -2.99. The van der Waals surface area contributed by atoms with Crippen LogP contribution in [0.4, 0.5) is 17.6 Å². The highest BCUT2D eigenvalue weighted by molar-refractivity contribution is 7.14. The van der Waals surface area contributed by atoms with Crippen LogP contribution < -0.4 is 10.2 Å². The number of aromatic nitrogens is 3. The molecule has 0 radical (unpaired) electrons. The fraction of sp³-hybridized carbons (Fsp3) is 0.310. The molecule has 2 aromatic heterocycles. The van der Waals surface area contributed by atoms with Gasteiger partial charge in [-0.05, 0) is 24.1 Å². The molecule has 1 aliphatic heterocycles. The fourth-order valence-corrected chi connectivity index (χ4v) is 6.46. The number of amides is 1. The fourth-order valence-electron chi connectivity index (χ4n) is 5.59. The third kappa shape index (κ3) is 5.01. The molecule has 3 heterocycles. The Morgan fingerprint density at radius 2 is 1.80 bits per heavy atom. The normalized spacial score (nSPS) is 19.2. The van der Waals surface area contributed by atoms with E-state index in [9.17, 15) is 27.2 Å². The minimum absolute atomic E-state index is 0.00822. The van der Waals surface area contributed by atoms with E-state index in [0.29, 0.717) is 5.01 Å². The van der Waals surface area contributed by atoms with Crippen LogP contribution in [0.3, 0.4) is 0 Å². The molecule has 0 unspecified atom stereocenters. The first-order valence-corrected chi connectivity index (χ1v) is 13.9. The summed E-state index contributed by atoms with van der Waals surface area (Å²) in [7, 11) is 0. The lowest BCUT2D eigenvalue weighted by atomic mass is 10.0. The van der Waals surface area contributed by atoms with Gasteiger partial charge in [-0.25, -0.2) is 17.6 Å². The third-order valence-electron chi connectivity index (χ3n) is 7.49. The monoisotopic (exact) mass is 584 g/mol. The first-order valence-electron chi connectivity index (χ1n) is 13.1. The number of ether oxygens (including phenoxy) is 1. The number of rotatable bonds is 7. The van der Waals surface area contributed by atoms with Gasteiger partial charge < -0.3 is 14.2 Å². The lowest BCUT2D eigenvalue weighted by molar-refractivity contribution is 0.00126. The average molecular weight is 585 g/mol. The summed E-state index contributed by atoms with van der Waals surface area (Å²) >= 11 is 1.02. The van der Waals surface area contributed by atoms with E-state index >= 15 is 0 Å². The van der Waals surface area contributed by atoms with Crippen molar-refractivity contribution in [1.82, 2.24) is 19.7 Å². The van der Waals surface area contributed by atoms with Crippen molar-refractivity contribution in [2.45, 2.75) is 50.8 Å². The molecular formula is C29H24F4N4O3S. The number of hydrogen-bond donors (Lipinski definition) is 0. The standard InChI is InChI=1S/C29H24F4N4O3S/c1-2-36-21-12-29(32,33)13-22(21)37-14-19(27-35-34-23(41-27)10-17-8-9-18(30)11-20(17)31)25(38)26(24(37)28(36)39)40-15-16-6-4-3-5-7-16/h3-9,11,14,21-22H,2,10,12-13,15H2,1H3/t21-,22+/m1/s1. The number of hydrogen-bond acceptors (Lipinski definition) is 6. The van der Waals surface area contributed by atoms with Gasteiger partial charge in [0.05, 0.1) is 17.6 Å². The molecule has 12 heteroatoms. The molecule has 1 saturated carbocycles. The molecule has 7 nitrogen and oxygen atoms in total. The first-order chi connectivity index (χ1) is 19.6. The second-order valence-corrected chi connectivity index (χ2v) is 11.2. The van der Waals surface area contributed by atoms with Gasteiger partial charge in [0.2, 0.25) is 5.43 Å². The molecule has 41 heavy (non-hydrogen) atoms. The maximum Gasteiger partial charge on any atom is 0.274 e. The maximum absolute atomic E-state index is 14.7. The lowest BCUT2D eigenvalue weighted by Crippen LogP contribution is -2.49. The molecule has 2 aromatic carbocycles. The van der Waals surface area contributed by atoms with Crippen LogP contribution in [0.5, 0.6) is 5.75 Å². The van der Waals surface area contributed by atoms with Crippen LogP contribution in [-0.4, -0.2) is 44.1 Å². The Bertz CT molecular complexity index is 1690. The van der Waals surface area contributed by atoms with Crippen LogP contribution in [0.2, 0.25) is 0 Å². The van der Waals surface area contributed by atoms with Crippen LogP contribution in [0.15, 0.2) is 59.5 Å². The number of nitrogens with zero attached hydrogens (tertiary/aromatic N) is 4. The van der Waals surface area contributed by atoms with E-state index in [4.69, 9.17) is 4.74 Å². The van der Waals surface area contributed by atoms with Crippen molar-refractivity contribution in [3.8, 4) is 16.3 Å². The highest BCUT2D eigenvalue weighted by Crippen LogP contribution is 2.48. The number of carbonyl (C=O) groups is 1. The SMILES string of the molecule is CCN1C(=O)c2c(OCc3ccccc3)c(=O)c(-c3nnc(Cc4ccc(F)cc4F)s3)cn2[C@H]2CC(F)(F)C[C@H]21. The number of alkyl halides is 2. The number of carbonyl (C=O) groups excluding carboxylic acids is 1. The van der Waals surface area contributed by atoms with Crippen LogP contribution in [0.1, 0.15) is 52.4 Å². The number of likely N-dealkylation sites (N-methyl/N-ethyl adjacent to an activating group) is 1. The first kappa shape index (κ1) is 27.1. The van der Waals surface area contributed by atoms with Crippen molar-refractivity contribution >= 4 is 17.2 Å². The third-order valence-corrected chi connectivity index (χ3v) is 8.45. The van der Waals surface area contributed by atoms with E-state index in [2.05, 4.69) is 10.2 Å². The summed E-state index contributed by atoms with van der Waals surface area (Å²) in [6.07, 6.45) is 0.415. The topological polar surface area (TPSA) is 77.3 Å².